The molecule has 0 radical (unpaired) electrons. The van der Waals surface area contributed by atoms with Crippen LogP contribution in [0, 0.1) is 0 Å². The average Bonchev–Trinajstić information content (AvgIpc) is 2.65. The zero-order valence-electron chi connectivity index (χ0n) is 4.67. The summed E-state index contributed by atoms with van der Waals surface area (Å²) < 4.78 is 9.11. The second kappa shape index (κ2) is 3.02. The Bertz CT molecular complexity index is 55.9. The van der Waals surface area contributed by atoms with Crippen molar-refractivity contribution in [3.05, 3.63) is 0 Å². The quantitative estimate of drug-likeness (QED) is 0.467. The molecule has 48 valence electrons. The minimum absolute atomic E-state index is 0.190. The first kappa shape index (κ1) is 6.01. The highest BCUT2D eigenvalue weighted by Gasteiger charge is 2.19. The first-order valence-corrected chi connectivity index (χ1v) is 2.73. The van der Waals surface area contributed by atoms with Gasteiger partial charge in [-0.05, 0) is 0 Å². The lowest BCUT2D eigenvalue weighted by atomic mass is 10.5. The monoisotopic (exact) mass is 118 g/mol. The van der Waals surface area contributed by atoms with E-state index in [0.29, 0.717) is 0 Å². The number of epoxide rings is 2. The number of aliphatic hydroxyl groups is 1. The van der Waals surface area contributed by atoms with Crippen LogP contribution in [0.15, 0.2) is 0 Å². The summed E-state index contributed by atoms with van der Waals surface area (Å²) in [6.07, 6.45) is 0.190. The Balaban J connectivity index is 0.0000000907. The number of aliphatic hydroxyl groups excluding tert-OH is 1. The summed E-state index contributed by atoms with van der Waals surface area (Å²) in [5.74, 6) is 0. The van der Waals surface area contributed by atoms with Gasteiger partial charge in [0.1, 0.15) is 6.10 Å². The highest BCUT2D eigenvalue weighted by molar-refractivity contribution is 4.65. The van der Waals surface area contributed by atoms with Crippen molar-refractivity contribution in [2.45, 2.75) is 6.10 Å². The van der Waals surface area contributed by atoms with Crippen LogP contribution >= 0.6 is 0 Å². The number of rotatable bonds is 1. The summed E-state index contributed by atoms with van der Waals surface area (Å²) in [7, 11) is 0. The molecule has 0 saturated carbocycles. The third kappa shape index (κ3) is 4.05. The topological polar surface area (TPSA) is 45.3 Å². The van der Waals surface area contributed by atoms with Crippen molar-refractivity contribution >= 4 is 0 Å². The fraction of sp³-hybridized carbons (Fsp3) is 1.00. The average molecular weight is 118 g/mol. The minimum atomic E-state index is 0.190. The molecule has 0 aliphatic carbocycles. The first-order chi connectivity index (χ1) is 3.93. The molecule has 1 N–H and O–H groups in total. The lowest BCUT2D eigenvalue weighted by Crippen LogP contribution is -1.88. The van der Waals surface area contributed by atoms with E-state index in [4.69, 9.17) is 5.11 Å². The van der Waals surface area contributed by atoms with Gasteiger partial charge in [0.05, 0.1) is 26.4 Å². The van der Waals surface area contributed by atoms with E-state index in [1.807, 2.05) is 0 Å². The van der Waals surface area contributed by atoms with Gasteiger partial charge in [0, 0.05) is 0 Å². The van der Waals surface area contributed by atoms with Crippen LogP contribution in [0.4, 0.5) is 0 Å². The third-order valence-electron chi connectivity index (χ3n) is 0.810. The summed E-state index contributed by atoms with van der Waals surface area (Å²) in [6.45, 7) is 2.95. The predicted octanol–water partition coefficient (Wildman–Crippen LogP) is -0.606. The van der Waals surface area contributed by atoms with Gasteiger partial charge in [0.15, 0.2) is 0 Å². The van der Waals surface area contributed by atoms with Crippen molar-refractivity contribution in [3.63, 3.8) is 0 Å². The molecule has 8 heavy (non-hydrogen) atoms. The van der Waals surface area contributed by atoms with E-state index in [2.05, 4.69) is 9.47 Å². The van der Waals surface area contributed by atoms with Crippen LogP contribution in [0.25, 0.3) is 0 Å². The smallest absolute Gasteiger partial charge is 0.104 e. The molecule has 3 nitrogen and oxygen atoms in total. The van der Waals surface area contributed by atoms with Gasteiger partial charge >= 0.3 is 0 Å². The zero-order chi connectivity index (χ0) is 5.82. The Morgan fingerprint density at radius 3 is 2.00 bits per heavy atom. The van der Waals surface area contributed by atoms with Gasteiger partial charge in [-0.25, -0.2) is 0 Å². The predicted molar refractivity (Wildman–Crippen MR) is 27.6 cm³/mol. The number of ether oxygens (including phenoxy) is 2. The van der Waals surface area contributed by atoms with Gasteiger partial charge in [-0.15, -0.1) is 0 Å². The summed E-state index contributed by atoms with van der Waals surface area (Å²) in [5.41, 5.74) is 0. The second-order valence-electron chi connectivity index (χ2n) is 1.75. The van der Waals surface area contributed by atoms with Crippen molar-refractivity contribution in [2.24, 2.45) is 0 Å². The molecule has 0 amide bonds. The van der Waals surface area contributed by atoms with E-state index in [1.54, 1.807) is 0 Å². The van der Waals surface area contributed by atoms with E-state index in [0.717, 1.165) is 19.8 Å². The molecule has 2 rings (SSSR count). The van der Waals surface area contributed by atoms with Crippen molar-refractivity contribution < 1.29 is 14.6 Å². The van der Waals surface area contributed by atoms with Crippen LogP contribution in [0.5, 0.6) is 0 Å². The molecule has 2 aliphatic rings. The van der Waals surface area contributed by atoms with Gasteiger partial charge < -0.3 is 14.6 Å². The van der Waals surface area contributed by atoms with Crippen LogP contribution in [0.3, 0.4) is 0 Å². The molecule has 0 aromatic rings. The normalized spacial score (nSPS) is 30.4. The second-order valence-corrected chi connectivity index (χ2v) is 1.75. The highest BCUT2D eigenvalue weighted by atomic mass is 16.6. The Hall–Kier alpha value is -0.120. The SMILES string of the molecule is C1CO1.OC[C@@H]1CO1. The maximum atomic E-state index is 8.08. The zero-order valence-corrected chi connectivity index (χ0v) is 4.67. The van der Waals surface area contributed by atoms with E-state index in [9.17, 15) is 0 Å². The standard InChI is InChI=1S/C3H6O2.C2H4O/c4-1-3-2-5-3;1-2-3-1/h3-4H,1-2H2;1-2H2/t3-;/m1./s1. The van der Waals surface area contributed by atoms with E-state index >= 15 is 0 Å². The Morgan fingerprint density at radius 1 is 1.50 bits per heavy atom. The maximum Gasteiger partial charge on any atom is 0.104 e. The molecule has 0 spiro atoms. The Kier molecular flexibility index (Phi) is 2.27. The number of hydrogen-bond acceptors (Lipinski definition) is 3. The van der Waals surface area contributed by atoms with Crippen molar-refractivity contribution in [2.75, 3.05) is 26.4 Å². The molecule has 0 aromatic heterocycles. The Labute approximate surface area is 48.2 Å². The van der Waals surface area contributed by atoms with Gasteiger partial charge in [0.2, 0.25) is 0 Å². The van der Waals surface area contributed by atoms with Crippen LogP contribution < -0.4 is 0 Å². The molecule has 3 heteroatoms. The molecule has 2 saturated heterocycles. The fourth-order valence-electron chi connectivity index (χ4n) is 0.173. The van der Waals surface area contributed by atoms with Gasteiger partial charge in [-0.1, -0.05) is 0 Å². The first-order valence-electron chi connectivity index (χ1n) is 2.73. The summed E-state index contributed by atoms with van der Waals surface area (Å²) in [4.78, 5) is 0. The van der Waals surface area contributed by atoms with Crippen molar-refractivity contribution in [1.29, 1.82) is 0 Å². The molecule has 0 unspecified atom stereocenters. The molecular formula is C5H10O3. The van der Waals surface area contributed by atoms with Crippen molar-refractivity contribution in [3.8, 4) is 0 Å². The molecule has 0 bridgehead atoms. The van der Waals surface area contributed by atoms with Crippen molar-refractivity contribution in [1.82, 2.24) is 0 Å². The van der Waals surface area contributed by atoms with Crippen LogP contribution in [-0.4, -0.2) is 37.6 Å². The van der Waals surface area contributed by atoms with Gasteiger partial charge in [-0.3, -0.25) is 0 Å². The highest BCUT2D eigenvalue weighted by Crippen LogP contribution is 2.04. The number of hydrogen-bond donors (Lipinski definition) is 1. The maximum absolute atomic E-state index is 8.08. The lowest BCUT2D eigenvalue weighted by molar-refractivity contribution is 0.244. The molecule has 2 aliphatic heterocycles. The molecule has 1 atom stereocenters. The van der Waals surface area contributed by atoms with E-state index < -0.39 is 0 Å². The largest absolute Gasteiger partial charge is 0.394 e. The van der Waals surface area contributed by atoms with E-state index in [-0.39, 0.29) is 12.7 Å². The van der Waals surface area contributed by atoms with Crippen LogP contribution in [0.1, 0.15) is 0 Å². The third-order valence-corrected chi connectivity index (χ3v) is 0.810. The Morgan fingerprint density at radius 2 is 2.00 bits per heavy atom. The summed E-state index contributed by atoms with van der Waals surface area (Å²) in [6, 6.07) is 0. The van der Waals surface area contributed by atoms with Crippen LogP contribution in [-0.2, 0) is 9.47 Å². The van der Waals surface area contributed by atoms with Gasteiger partial charge in [-0.2, -0.15) is 0 Å². The molecule has 0 aromatic carbocycles. The fourth-order valence-corrected chi connectivity index (χ4v) is 0.173. The minimum Gasteiger partial charge on any atom is -0.394 e. The summed E-state index contributed by atoms with van der Waals surface area (Å²) in [5, 5.41) is 8.08. The molecule has 2 heterocycles. The lowest BCUT2D eigenvalue weighted by Gasteiger charge is -1.70. The summed E-state index contributed by atoms with van der Waals surface area (Å²) >= 11 is 0. The molecule has 2 fully saturated rings. The van der Waals surface area contributed by atoms with Crippen LogP contribution in [0.2, 0.25) is 0 Å². The van der Waals surface area contributed by atoms with E-state index in [1.165, 1.54) is 0 Å². The van der Waals surface area contributed by atoms with Gasteiger partial charge in [0.25, 0.3) is 0 Å². The molecular weight excluding hydrogens is 108 g/mol.